The average Bonchev–Trinajstić information content (AvgIpc) is 2.50. The second-order valence-electron chi connectivity index (χ2n) is 5.13. The van der Waals surface area contributed by atoms with Gasteiger partial charge in [0.25, 0.3) is 0 Å². The first-order valence-corrected chi connectivity index (χ1v) is 8.06. The van der Waals surface area contributed by atoms with Crippen molar-refractivity contribution in [2.24, 2.45) is 0 Å². The third-order valence-electron chi connectivity index (χ3n) is 3.40. The smallest absolute Gasteiger partial charge is 0.337 e. The summed E-state index contributed by atoms with van der Waals surface area (Å²) in [6.45, 7) is 2.51. The van der Waals surface area contributed by atoms with Crippen molar-refractivity contribution in [3.63, 3.8) is 0 Å². The number of rotatable bonds is 6. The van der Waals surface area contributed by atoms with Gasteiger partial charge in [0.1, 0.15) is 5.15 Å². The molecule has 0 spiro atoms. The van der Waals surface area contributed by atoms with Crippen molar-refractivity contribution in [1.29, 1.82) is 0 Å². The second-order valence-corrected chi connectivity index (χ2v) is 6.28. The van der Waals surface area contributed by atoms with Crippen LogP contribution in [0, 0.1) is 0 Å². The first-order valence-electron chi connectivity index (χ1n) is 6.93. The molecule has 0 bridgehead atoms. The van der Waals surface area contributed by atoms with Crippen molar-refractivity contribution >= 4 is 40.8 Å². The third-order valence-corrected chi connectivity index (χ3v) is 4.53. The monoisotopic (exact) mass is 372 g/mol. The minimum atomic E-state index is -1.07. The number of pyridine rings is 1. The van der Waals surface area contributed by atoms with Gasteiger partial charge in [-0.25, -0.2) is 9.78 Å². The van der Waals surface area contributed by atoms with Crippen molar-refractivity contribution < 1.29 is 9.90 Å². The molecule has 0 aliphatic heterocycles. The maximum Gasteiger partial charge on any atom is 0.337 e. The van der Waals surface area contributed by atoms with Crippen LogP contribution in [0.2, 0.25) is 15.2 Å². The Morgan fingerprint density at radius 3 is 2.70 bits per heavy atom. The van der Waals surface area contributed by atoms with E-state index in [0.717, 1.165) is 5.56 Å². The van der Waals surface area contributed by atoms with E-state index in [-0.39, 0.29) is 16.6 Å². The van der Waals surface area contributed by atoms with Crippen LogP contribution >= 0.6 is 34.8 Å². The van der Waals surface area contributed by atoms with Crippen LogP contribution in [0.25, 0.3) is 0 Å². The number of hydrogen-bond acceptors (Lipinski definition) is 3. The summed E-state index contributed by atoms with van der Waals surface area (Å²) in [5.41, 5.74) is 1.55. The van der Waals surface area contributed by atoms with Crippen LogP contribution in [0.5, 0.6) is 0 Å². The summed E-state index contributed by atoms with van der Waals surface area (Å²) in [5.74, 6) is -1.07. The highest BCUT2D eigenvalue weighted by Gasteiger charge is 2.17. The summed E-state index contributed by atoms with van der Waals surface area (Å²) in [7, 11) is 0. The molecule has 1 atom stereocenters. The van der Waals surface area contributed by atoms with Crippen molar-refractivity contribution in [1.82, 2.24) is 10.3 Å². The summed E-state index contributed by atoms with van der Waals surface area (Å²) in [4.78, 5) is 15.2. The van der Waals surface area contributed by atoms with E-state index in [2.05, 4.69) is 10.3 Å². The van der Waals surface area contributed by atoms with Crippen LogP contribution in [0.1, 0.15) is 28.4 Å². The number of halogens is 3. The summed E-state index contributed by atoms with van der Waals surface area (Å²) < 4.78 is 0. The van der Waals surface area contributed by atoms with E-state index < -0.39 is 5.97 Å². The van der Waals surface area contributed by atoms with E-state index in [0.29, 0.717) is 28.7 Å². The molecule has 23 heavy (non-hydrogen) atoms. The fourth-order valence-corrected chi connectivity index (χ4v) is 2.96. The van der Waals surface area contributed by atoms with Crippen LogP contribution < -0.4 is 5.32 Å². The van der Waals surface area contributed by atoms with Gasteiger partial charge < -0.3 is 10.4 Å². The molecule has 7 heteroatoms. The molecule has 0 saturated carbocycles. The Balaban J connectivity index is 2.08. The molecule has 1 heterocycles. The Labute approximate surface area is 149 Å². The predicted octanol–water partition coefficient (Wildman–Crippen LogP) is 4.46. The second kappa shape index (κ2) is 7.97. The summed E-state index contributed by atoms with van der Waals surface area (Å²) in [6, 6.07) is 6.68. The summed E-state index contributed by atoms with van der Waals surface area (Å²) >= 11 is 18.3. The number of nitrogens with zero attached hydrogens (tertiary/aromatic N) is 1. The Morgan fingerprint density at radius 2 is 2.04 bits per heavy atom. The molecule has 1 aromatic carbocycles. The van der Waals surface area contributed by atoms with E-state index in [4.69, 9.17) is 39.9 Å². The van der Waals surface area contributed by atoms with Crippen molar-refractivity contribution in [2.75, 3.05) is 0 Å². The molecule has 2 rings (SSSR count). The number of carboxylic acids is 1. The minimum absolute atomic E-state index is 0.0188. The maximum atomic E-state index is 11.2. The zero-order valence-electron chi connectivity index (χ0n) is 12.3. The Morgan fingerprint density at radius 1 is 1.30 bits per heavy atom. The molecule has 0 radical (unpaired) electrons. The average molecular weight is 374 g/mol. The Bertz CT molecular complexity index is 722. The lowest BCUT2D eigenvalue weighted by Crippen LogP contribution is -2.28. The summed E-state index contributed by atoms with van der Waals surface area (Å²) in [6.07, 6.45) is 2.13. The van der Waals surface area contributed by atoms with E-state index in [1.807, 2.05) is 19.1 Å². The molecule has 0 amide bonds. The van der Waals surface area contributed by atoms with E-state index in [1.165, 1.54) is 6.07 Å². The SMILES string of the molecule is CC(Cc1c(Cl)ccc(C(=O)O)c1Cl)NCc1cccnc1Cl. The number of nitrogens with one attached hydrogen (secondary N) is 1. The van der Waals surface area contributed by atoms with Crippen LogP contribution in [0.4, 0.5) is 0 Å². The molecule has 1 aromatic heterocycles. The van der Waals surface area contributed by atoms with Crippen LogP contribution in [0.15, 0.2) is 30.5 Å². The van der Waals surface area contributed by atoms with Gasteiger partial charge in [-0.15, -0.1) is 0 Å². The zero-order chi connectivity index (χ0) is 17.0. The Hall–Kier alpha value is -1.33. The molecule has 2 N–H and O–H groups in total. The molecule has 4 nitrogen and oxygen atoms in total. The number of hydrogen-bond donors (Lipinski definition) is 2. The zero-order valence-corrected chi connectivity index (χ0v) is 14.6. The highest BCUT2D eigenvalue weighted by molar-refractivity contribution is 6.37. The quantitative estimate of drug-likeness (QED) is 0.734. The van der Waals surface area contributed by atoms with Gasteiger partial charge in [0, 0.05) is 29.4 Å². The molecule has 0 saturated heterocycles. The number of carboxylic acid groups (broad SMARTS) is 1. The predicted molar refractivity (Wildman–Crippen MR) is 92.7 cm³/mol. The van der Waals surface area contributed by atoms with Crippen LogP contribution in [-0.2, 0) is 13.0 Å². The lowest BCUT2D eigenvalue weighted by atomic mass is 10.0. The fraction of sp³-hybridized carbons (Fsp3) is 0.250. The van der Waals surface area contributed by atoms with Crippen LogP contribution in [-0.4, -0.2) is 22.1 Å². The van der Waals surface area contributed by atoms with Gasteiger partial charge in [-0.05, 0) is 37.1 Å². The number of carbonyl (C=O) groups is 1. The number of aromatic nitrogens is 1. The van der Waals surface area contributed by atoms with Gasteiger partial charge in [0.05, 0.1) is 10.6 Å². The maximum absolute atomic E-state index is 11.2. The molecule has 1 unspecified atom stereocenters. The Kier molecular flexibility index (Phi) is 6.25. The molecule has 122 valence electrons. The molecule has 0 aliphatic carbocycles. The highest BCUT2D eigenvalue weighted by Crippen LogP contribution is 2.29. The number of benzene rings is 1. The first kappa shape index (κ1) is 18.0. The topological polar surface area (TPSA) is 62.2 Å². The van der Waals surface area contributed by atoms with Crippen molar-refractivity contribution in [2.45, 2.75) is 25.9 Å². The van der Waals surface area contributed by atoms with Gasteiger partial charge in [0.15, 0.2) is 0 Å². The summed E-state index contributed by atoms with van der Waals surface area (Å²) in [5, 5.41) is 13.5. The third kappa shape index (κ3) is 4.58. The normalized spacial score (nSPS) is 12.2. The lowest BCUT2D eigenvalue weighted by Gasteiger charge is -2.17. The number of aromatic carboxylic acids is 1. The van der Waals surface area contributed by atoms with Gasteiger partial charge >= 0.3 is 5.97 Å². The minimum Gasteiger partial charge on any atom is -0.478 e. The van der Waals surface area contributed by atoms with E-state index in [1.54, 1.807) is 12.3 Å². The standard InChI is InChI=1S/C16H15Cl3N2O2/c1-9(21-8-10-3-2-6-20-15(10)19)7-12-13(17)5-4-11(14(12)18)16(22)23/h2-6,9,21H,7-8H2,1H3,(H,22,23). The fourth-order valence-electron chi connectivity index (χ4n) is 2.16. The molecular weight excluding hydrogens is 359 g/mol. The van der Waals surface area contributed by atoms with Crippen LogP contribution in [0.3, 0.4) is 0 Å². The van der Waals surface area contributed by atoms with E-state index in [9.17, 15) is 4.79 Å². The largest absolute Gasteiger partial charge is 0.478 e. The van der Waals surface area contributed by atoms with Gasteiger partial charge in [-0.1, -0.05) is 40.9 Å². The van der Waals surface area contributed by atoms with Gasteiger partial charge in [-0.3, -0.25) is 0 Å². The van der Waals surface area contributed by atoms with Crippen molar-refractivity contribution in [3.8, 4) is 0 Å². The molecule has 0 fully saturated rings. The van der Waals surface area contributed by atoms with Gasteiger partial charge in [0.2, 0.25) is 0 Å². The molecule has 0 aliphatic rings. The lowest BCUT2D eigenvalue weighted by molar-refractivity contribution is 0.0697. The van der Waals surface area contributed by atoms with Crippen molar-refractivity contribution in [3.05, 3.63) is 62.4 Å². The van der Waals surface area contributed by atoms with E-state index >= 15 is 0 Å². The first-order chi connectivity index (χ1) is 10.9. The molecule has 2 aromatic rings. The molecular formula is C16H15Cl3N2O2. The highest BCUT2D eigenvalue weighted by atomic mass is 35.5. The van der Waals surface area contributed by atoms with Gasteiger partial charge in [-0.2, -0.15) is 0 Å².